The Balaban J connectivity index is 1.96. The first kappa shape index (κ1) is 10.6. The Labute approximate surface area is 101 Å². The number of hydrogen-bond acceptors (Lipinski definition) is 4. The van der Waals surface area contributed by atoms with Gasteiger partial charge in [-0.2, -0.15) is 4.37 Å². The summed E-state index contributed by atoms with van der Waals surface area (Å²) in [7, 11) is 0. The lowest BCUT2D eigenvalue weighted by molar-refractivity contribution is 0.891. The molecule has 0 fully saturated rings. The van der Waals surface area contributed by atoms with Gasteiger partial charge in [0.1, 0.15) is 5.82 Å². The highest BCUT2D eigenvalue weighted by Gasteiger charge is 2.01. The Bertz CT molecular complexity index is 438. The van der Waals surface area contributed by atoms with Crippen LogP contribution in [-0.2, 0) is 12.8 Å². The highest BCUT2D eigenvalue weighted by Crippen LogP contribution is 2.13. The third-order valence-electron chi connectivity index (χ3n) is 2.03. The lowest BCUT2D eigenvalue weighted by Crippen LogP contribution is -1.93. The molecule has 1 heterocycles. The molecule has 15 heavy (non-hydrogen) atoms. The van der Waals surface area contributed by atoms with Gasteiger partial charge in [0.05, 0.1) is 0 Å². The molecule has 0 aliphatic rings. The maximum absolute atomic E-state index is 5.51. The number of benzene rings is 1. The van der Waals surface area contributed by atoms with E-state index in [0.717, 1.165) is 23.1 Å². The molecule has 1 aromatic heterocycles. The van der Waals surface area contributed by atoms with Crippen molar-refractivity contribution in [2.45, 2.75) is 12.8 Å². The van der Waals surface area contributed by atoms with Crippen LogP contribution in [0.3, 0.4) is 0 Å². The Morgan fingerprint density at radius 3 is 2.53 bits per heavy atom. The van der Waals surface area contributed by atoms with Crippen molar-refractivity contribution in [1.82, 2.24) is 9.36 Å². The molecule has 78 valence electrons. The van der Waals surface area contributed by atoms with Gasteiger partial charge in [-0.05, 0) is 24.1 Å². The van der Waals surface area contributed by atoms with Crippen molar-refractivity contribution in [3.8, 4) is 0 Å². The van der Waals surface area contributed by atoms with E-state index in [0.29, 0.717) is 5.13 Å². The number of hydrogen-bond donors (Lipinski definition) is 1. The molecule has 0 aliphatic carbocycles. The van der Waals surface area contributed by atoms with E-state index in [1.54, 1.807) is 0 Å². The molecule has 0 spiro atoms. The van der Waals surface area contributed by atoms with Gasteiger partial charge in [0.25, 0.3) is 0 Å². The number of aromatic nitrogens is 2. The van der Waals surface area contributed by atoms with Crippen LogP contribution in [0.1, 0.15) is 11.4 Å². The van der Waals surface area contributed by atoms with Crippen LogP contribution >= 0.6 is 27.5 Å². The van der Waals surface area contributed by atoms with Gasteiger partial charge in [-0.15, -0.1) is 0 Å². The van der Waals surface area contributed by atoms with Crippen molar-refractivity contribution in [1.29, 1.82) is 0 Å². The maximum atomic E-state index is 5.51. The minimum Gasteiger partial charge on any atom is -0.374 e. The van der Waals surface area contributed by atoms with Gasteiger partial charge in [-0.25, -0.2) is 4.98 Å². The molecule has 0 saturated heterocycles. The van der Waals surface area contributed by atoms with Gasteiger partial charge in [0, 0.05) is 22.4 Å². The SMILES string of the molecule is Nc1nc(CCc2ccc(Br)cc2)ns1. The summed E-state index contributed by atoms with van der Waals surface area (Å²) in [6.45, 7) is 0. The normalized spacial score (nSPS) is 10.5. The van der Waals surface area contributed by atoms with Gasteiger partial charge in [0.15, 0.2) is 5.13 Å². The summed E-state index contributed by atoms with van der Waals surface area (Å²) in [4.78, 5) is 4.12. The number of nitrogens with two attached hydrogens (primary N) is 1. The van der Waals surface area contributed by atoms with Crippen LogP contribution in [-0.4, -0.2) is 9.36 Å². The summed E-state index contributed by atoms with van der Waals surface area (Å²) >= 11 is 4.66. The molecule has 3 nitrogen and oxygen atoms in total. The molecule has 0 atom stereocenters. The molecular weight excluding hydrogens is 274 g/mol. The molecule has 0 radical (unpaired) electrons. The summed E-state index contributed by atoms with van der Waals surface area (Å²) in [6.07, 6.45) is 1.79. The fourth-order valence-corrected chi connectivity index (χ4v) is 2.02. The molecule has 1 aromatic carbocycles. The van der Waals surface area contributed by atoms with Crippen molar-refractivity contribution >= 4 is 32.6 Å². The lowest BCUT2D eigenvalue weighted by Gasteiger charge is -1.98. The van der Waals surface area contributed by atoms with E-state index in [-0.39, 0.29) is 0 Å². The second-order valence-electron chi connectivity index (χ2n) is 3.18. The van der Waals surface area contributed by atoms with E-state index in [4.69, 9.17) is 5.73 Å². The molecule has 0 amide bonds. The van der Waals surface area contributed by atoms with E-state index >= 15 is 0 Å². The first-order valence-electron chi connectivity index (χ1n) is 4.56. The first-order chi connectivity index (χ1) is 7.24. The van der Waals surface area contributed by atoms with E-state index in [9.17, 15) is 0 Å². The molecule has 0 bridgehead atoms. The second-order valence-corrected chi connectivity index (χ2v) is 4.87. The molecule has 2 aromatic rings. The Morgan fingerprint density at radius 2 is 1.93 bits per heavy atom. The van der Waals surface area contributed by atoms with Crippen molar-refractivity contribution < 1.29 is 0 Å². The van der Waals surface area contributed by atoms with Crippen molar-refractivity contribution in [2.75, 3.05) is 5.73 Å². The van der Waals surface area contributed by atoms with Gasteiger partial charge in [-0.3, -0.25) is 0 Å². The minimum atomic E-state index is 0.542. The van der Waals surface area contributed by atoms with Crippen LogP contribution in [0, 0.1) is 0 Å². The van der Waals surface area contributed by atoms with E-state index in [1.807, 2.05) is 12.1 Å². The predicted octanol–water partition coefficient (Wildman–Crippen LogP) is 2.67. The topological polar surface area (TPSA) is 51.8 Å². The third kappa shape index (κ3) is 3.00. The van der Waals surface area contributed by atoms with Gasteiger partial charge in [-0.1, -0.05) is 28.1 Å². The average molecular weight is 284 g/mol. The molecule has 2 N–H and O–H groups in total. The first-order valence-corrected chi connectivity index (χ1v) is 6.13. The third-order valence-corrected chi connectivity index (χ3v) is 3.14. The fraction of sp³-hybridized carbons (Fsp3) is 0.200. The number of halogens is 1. The second kappa shape index (κ2) is 4.72. The van der Waals surface area contributed by atoms with Crippen LogP contribution in [0.2, 0.25) is 0 Å². The van der Waals surface area contributed by atoms with Crippen molar-refractivity contribution in [2.24, 2.45) is 0 Å². The van der Waals surface area contributed by atoms with Crippen LogP contribution < -0.4 is 5.73 Å². The highest BCUT2D eigenvalue weighted by atomic mass is 79.9. The summed E-state index contributed by atoms with van der Waals surface area (Å²) < 4.78 is 5.24. The molecule has 0 aliphatic heterocycles. The summed E-state index contributed by atoms with van der Waals surface area (Å²) in [5.41, 5.74) is 6.79. The van der Waals surface area contributed by atoms with Crippen LogP contribution in [0.25, 0.3) is 0 Å². The summed E-state index contributed by atoms with van der Waals surface area (Å²) in [5.74, 6) is 0.834. The van der Waals surface area contributed by atoms with Crippen LogP contribution in [0.5, 0.6) is 0 Å². The van der Waals surface area contributed by atoms with Crippen LogP contribution in [0.15, 0.2) is 28.7 Å². The molecule has 0 unspecified atom stereocenters. The zero-order valence-corrected chi connectivity index (χ0v) is 10.4. The van der Waals surface area contributed by atoms with Crippen LogP contribution in [0.4, 0.5) is 5.13 Å². The highest BCUT2D eigenvalue weighted by molar-refractivity contribution is 9.10. The van der Waals surface area contributed by atoms with E-state index < -0.39 is 0 Å². The number of rotatable bonds is 3. The summed E-state index contributed by atoms with van der Waals surface area (Å²) in [5, 5.41) is 0.542. The minimum absolute atomic E-state index is 0.542. The largest absolute Gasteiger partial charge is 0.374 e. The standard InChI is InChI=1S/C10H10BrN3S/c11-8-4-1-7(2-5-8)3-6-9-13-10(12)15-14-9/h1-2,4-5H,3,6H2,(H2,12,13,14). The van der Waals surface area contributed by atoms with Crippen molar-refractivity contribution in [3.05, 3.63) is 40.1 Å². The van der Waals surface area contributed by atoms with Gasteiger partial charge in [0.2, 0.25) is 0 Å². The molecule has 5 heteroatoms. The van der Waals surface area contributed by atoms with Crippen molar-refractivity contribution in [3.63, 3.8) is 0 Å². The Morgan fingerprint density at radius 1 is 1.20 bits per heavy atom. The number of aryl methyl sites for hydroxylation is 2. The lowest BCUT2D eigenvalue weighted by atomic mass is 10.1. The zero-order valence-electron chi connectivity index (χ0n) is 7.98. The predicted molar refractivity (Wildman–Crippen MR) is 65.9 cm³/mol. The Kier molecular flexibility index (Phi) is 3.33. The average Bonchev–Trinajstić information content (AvgIpc) is 2.64. The monoisotopic (exact) mass is 283 g/mol. The fourth-order valence-electron chi connectivity index (χ4n) is 1.28. The summed E-state index contributed by atoms with van der Waals surface area (Å²) in [6, 6.07) is 8.27. The van der Waals surface area contributed by atoms with E-state index in [1.165, 1.54) is 17.1 Å². The van der Waals surface area contributed by atoms with Gasteiger partial charge < -0.3 is 5.73 Å². The Hall–Kier alpha value is -0.940. The quantitative estimate of drug-likeness (QED) is 0.942. The maximum Gasteiger partial charge on any atom is 0.199 e. The molecule has 2 rings (SSSR count). The molecular formula is C10H10BrN3S. The zero-order chi connectivity index (χ0) is 10.7. The van der Waals surface area contributed by atoms with E-state index in [2.05, 4.69) is 37.4 Å². The number of nitrogens with zero attached hydrogens (tertiary/aromatic N) is 2. The smallest absolute Gasteiger partial charge is 0.199 e. The number of anilines is 1. The molecule has 0 saturated carbocycles. The van der Waals surface area contributed by atoms with Gasteiger partial charge >= 0.3 is 0 Å². The number of nitrogen functional groups attached to an aromatic ring is 1.